The van der Waals surface area contributed by atoms with Gasteiger partial charge in [-0.15, -0.1) is 0 Å². The van der Waals surface area contributed by atoms with Crippen molar-refractivity contribution in [3.8, 4) is 5.75 Å². The molecule has 1 aliphatic heterocycles. The van der Waals surface area contributed by atoms with Gasteiger partial charge in [0.05, 0.1) is 13.2 Å². The van der Waals surface area contributed by atoms with Crippen LogP contribution in [0.5, 0.6) is 5.75 Å². The second-order valence-electron chi connectivity index (χ2n) is 5.17. The molecule has 1 aromatic heterocycles. The summed E-state index contributed by atoms with van der Waals surface area (Å²) in [4.78, 5) is 9.29. The Hall–Kier alpha value is -1.17. The third-order valence-corrected chi connectivity index (χ3v) is 3.91. The molecule has 1 saturated heterocycles. The highest BCUT2D eigenvalue weighted by Crippen LogP contribution is 2.28. The molecule has 0 saturated carbocycles. The average molecular weight is 264 g/mol. The Balaban J connectivity index is 2.27. The van der Waals surface area contributed by atoms with Crippen LogP contribution in [0, 0.1) is 0 Å². The van der Waals surface area contributed by atoms with Crippen LogP contribution in [0.15, 0.2) is 18.3 Å². The van der Waals surface area contributed by atoms with E-state index >= 15 is 0 Å². The zero-order chi connectivity index (χ0) is 13.8. The number of likely N-dealkylation sites (N-methyl/N-ethyl adjacent to an activating group) is 3. The summed E-state index contributed by atoms with van der Waals surface area (Å²) in [5, 5.41) is 3.40. The van der Waals surface area contributed by atoms with Crippen LogP contribution < -0.4 is 10.1 Å². The monoisotopic (exact) mass is 264 g/mol. The van der Waals surface area contributed by atoms with Crippen molar-refractivity contribution in [2.45, 2.75) is 12.1 Å². The van der Waals surface area contributed by atoms with Gasteiger partial charge in [0.15, 0.2) is 0 Å². The molecule has 106 valence electrons. The molecule has 1 aliphatic rings. The number of nitrogens with zero attached hydrogens (tertiary/aromatic N) is 3. The first-order valence-corrected chi connectivity index (χ1v) is 6.72. The van der Waals surface area contributed by atoms with Gasteiger partial charge < -0.3 is 15.0 Å². The zero-order valence-corrected chi connectivity index (χ0v) is 12.3. The molecule has 19 heavy (non-hydrogen) atoms. The lowest BCUT2D eigenvalue weighted by Crippen LogP contribution is -2.54. The van der Waals surface area contributed by atoms with E-state index in [2.05, 4.69) is 34.2 Å². The van der Waals surface area contributed by atoms with Crippen molar-refractivity contribution in [2.75, 3.05) is 47.9 Å². The van der Waals surface area contributed by atoms with Crippen molar-refractivity contribution >= 4 is 0 Å². The quantitative estimate of drug-likeness (QED) is 0.862. The molecule has 0 amide bonds. The van der Waals surface area contributed by atoms with E-state index in [0.717, 1.165) is 31.1 Å². The highest BCUT2D eigenvalue weighted by atomic mass is 16.5. The van der Waals surface area contributed by atoms with Gasteiger partial charge in [-0.2, -0.15) is 0 Å². The Morgan fingerprint density at radius 2 is 2.21 bits per heavy atom. The fourth-order valence-corrected chi connectivity index (χ4v) is 2.72. The molecule has 0 radical (unpaired) electrons. The Labute approximate surface area is 115 Å². The Kier molecular flexibility index (Phi) is 4.74. The third kappa shape index (κ3) is 3.05. The molecule has 2 atom stereocenters. The minimum Gasteiger partial charge on any atom is -0.495 e. The minimum absolute atomic E-state index is 0.170. The number of hydrogen-bond acceptors (Lipinski definition) is 5. The van der Waals surface area contributed by atoms with Gasteiger partial charge >= 0.3 is 0 Å². The maximum Gasteiger partial charge on any atom is 0.142 e. The van der Waals surface area contributed by atoms with Gasteiger partial charge in [0.2, 0.25) is 0 Å². The van der Waals surface area contributed by atoms with Gasteiger partial charge in [0.1, 0.15) is 11.4 Å². The molecule has 1 aromatic rings. The molecule has 2 unspecified atom stereocenters. The van der Waals surface area contributed by atoms with Gasteiger partial charge in [0, 0.05) is 31.9 Å². The number of methoxy groups -OCH3 is 1. The summed E-state index contributed by atoms with van der Waals surface area (Å²) in [5.74, 6) is 0.850. The molecule has 1 fully saturated rings. The first kappa shape index (κ1) is 14.2. The smallest absolute Gasteiger partial charge is 0.142 e. The maximum atomic E-state index is 5.45. The zero-order valence-electron chi connectivity index (χ0n) is 12.3. The number of piperazine rings is 1. The van der Waals surface area contributed by atoms with Gasteiger partial charge in [-0.05, 0) is 33.3 Å². The Bertz CT molecular complexity index is 412. The molecular formula is C14H24N4O. The molecular weight excluding hydrogens is 240 g/mol. The summed E-state index contributed by atoms with van der Waals surface area (Å²) in [5.41, 5.74) is 0.986. The summed E-state index contributed by atoms with van der Waals surface area (Å²) in [6.07, 6.45) is 1.83. The van der Waals surface area contributed by atoms with Gasteiger partial charge in [-0.1, -0.05) is 0 Å². The summed E-state index contributed by atoms with van der Waals surface area (Å²) >= 11 is 0. The maximum absolute atomic E-state index is 5.45. The first-order valence-electron chi connectivity index (χ1n) is 6.72. The second kappa shape index (κ2) is 6.32. The predicted octanol–water partition coefficient (Wildman–Crippen LogP) is 0.597. The van der Waals surface area contributed by atoms with Crippen LogP contribution in [0.4, 0.5) is 0 Å². The molecule has 2 rings (SSSR count). The summed E-state index contributed by atoms with van der Waals surface area (Å²) in [6, 6.07) is 4.45. The SMILES string of the molecule is CNC(c1ncccc1OC)C1CN(C)CCN1C. The second-order valence-corrected chi connectivity index (χ2v) is 5.17. The summed E-state index contributed by atoms with van der Waals surface area (Å²) < 4.78 is 5.45. The summed E-state index contributed by atoms with van der Waals surface area (Å²) in [7, 11) is 8.03. The van der Waals surface area contributed by atoms with E-state index < -0.39 is 0 Å². The normalized spacial score (nSPS) is 23.3. The first-order chi connectivity index (χ1) is 9.17. The lowest BCUT2D eigenvalue weighted by atomic mass is 10.00. The third-order valence-electron chi connectivity index (χ3n) is 3.91. The fraction of sp³-hybridized carbons (Fsp3) is 0.643. The van der Waals surface area contributed by atoms with Crippen LogP contribution in [0.25, 0.3) is 0 Å². The number of aromatic nitrogens is 1. The molecule has 5 heteroatoms. The van der Waals surface area contributed by atoms with E-state index in [4.69, 9.17) is 4.74 Å². The Morgan fingerprint density at radius 3 is 2.89 bits per heavy atom. The molecule has 0 spiro atoms. The van der Waals surface area contributed by atoms with E-state index in [1.165, 1.54) is 0 Å². The highest BCUT2D eigenvalue weighted by Gasteiger charge is 2.32. The van der Waals surface area contributed by atoms with Crippen LogP contribution in [0.2, 0.25) is 0 Å². The van der Waals surface area contributed by atoms with E-state index in [0.29, 0.717) is 6.04 Å². The average Bonchev–Trinajstić information content (AvgIpc) is 2.44. The van der Waals surface area contributed by atoms with Crippen LogP contribution >= 0.6 is 0 Å². The van der Waals surface area contributed by atoms with E-state index in [1.54, 1.807) is 7.11 Å². The van der Waals surface area contributed by atoms with Crippen molar-refractivity contribution in [2.24, 2.45) is 0 Å². The van der Waals surface area contributed by atoms with E-state index in [9.17, 15) is 0 Å². The van der Waals surface area contributed by atoms with E-state index in [1.807, 2.05) is 25.4 Å². The van der Waals surface area contributed by atoms with Crippen molar-refractivity contribution in [3.63, 3.8) is 0 Å². The molecule has 0 bridgehead atoms. The topological polar surface area (TPSA) is 40.6 Å². The summed E-state index contributed by atoms with van der Waals surface area (Å²) in [6.45, 7) is 3.22. The lowest BCUT2D eigenvalue weighted by Gasteiger charge is -2.41. The lowest BCUT2D eigenvalue weighted by molar-refractivity contribution is 0.0879. The number of pyridine rings is 1. The molecule has 5 nitrogen and oxygen atoms in total. The van der Waals surface area contributed by atoms with Crippen molar-refractivity contribution in [1.29, 1.82) is 0 Å². The van der Waals surface area contributed by atoms with Crippen LogP contribution in [-0.2, 0) is 0 Å². The number of ether oxygens (including phenoxy) is 1. The van der Waals surface area contributed by atoms with Crippen molar-refractivity contribution in [3.05, 3.63) is 24.0 Å². The predicted molar refractivity (Wildman–Crippen MR) is 76.5 cm³/mol. The molecule has 0 aliphatic carbocycles. The van der Waals surface area contributed by atoms with Gasteiger partial charge in [0.25, 0.3) is 0 Å². The molecule has 2 heterocycles. The minimum atomic E-state index is 0.170. The van der Waals surface area contributed by atoms with Crippen LogP contribution in [0.1, 0.15) is 11.7 Å². The number of rotatable bonds is 4. The van der Waals surface area contributed by atoms with Crippen molar-refractivity contribution < 1.29 is 4.74 Å². The van der Waals surface area contributed by atoms with Crippen LogP contribution in [-0.4, -0.2) is 68.7 Å². The van der Waals surface area contributed by atoms with Gasteiger partial charge in [-0.25, -0.2) is 0 Å². The van der Waals surface area contributed by atoms with Gasteiger partial charge in [-0.3, -0.25) is 9.88 Å². The largest absolute Gasteiger partial charge is 0.495 e. The Morgan fingerprint density at radius 1 is 1.42 bits per heavy atom. The fourth-order valence-electron chi connectivity index (χ4n) is 2.72. The van der Waals surface area contributed by atoms with E-state index in [-0.39, 0.29) is 6.04 Å². The van der Waals surface area contributed by atoms with Crippen LogP contribution in [0.3, 0.4) is 0 Å². The highest BCUT2D eigenvalue weighted by molar-refractivity contribution is 5.30. The standard InChI is InChI=1S/C14H24N4O/c1-15-13(11-10-17(2)8-9-18(11)3)14-12(19-4)6-5-7-16-14/h5-7,11,13,15H,8-10H2,1-4H3. The molecule has 1 N–H and O–H groups in total. The number of hydrogen-bond donors (Lipinski definition) is 1. The van der Waals surface area contributed by atoms with Crippen molar-refractivity contribution in [1.82, 2.24) is 20.1 Å². The number of nitrogens with one attached hydrogen (secondary N) is 1. The molecule has 0 aromatic carbocycles.